The van der Waals surface area contributed by atoms with Crippen molar-refractivity contribution < 1.29 is 23.1 Å². The van der Waals surface area contributed by atoms with E-state index in [2.05, 4.69) is 77.5 Å². The molecule has 6 rings (SSSR count). The third kappa shape index (κ3) is 7.95. The summed E-state index contributed by atoms with van der Waals surface area (Å²) in [6.45, 7) is 5.34. The van der Waals surface area contributed by atoms with E-state index in [0.29, 0.717) is 24.8 Å². The Morgan fingerprint density at radius 1 is 1.12 bits per heavy atom. The Bertz CT molecular complexity index is 1980. The number of fused-ring (bicyclic) bond motifs is 1. The Labute approximate surface area is 293 Å². The highest BCUT2D eigenvalue weighted by molar-refractivity contribution is 6.31. The molecule has 0 atom stereocenters. The second kappa shape index (κ2) is 14.5. The Morgan fingerprint density at radius 3 is 2.56 bits per heavy atom. The number of anilines is 1. The first kappa shape index (κ1) is 35.0. The molecule has 1 aliphatic heterocycles. The summed E-state index contributed by atoms with van der Waals surface area (Å²) in [6.07, 6.45) is 7.69. The largest absolute Gasteiger partial charge is 0.434 e. The topological polar surface area (TPSA) is 110 Å². The van der Waals surface area contributed by atoms with Crippen LogP contribution in [-0.4, -0.2) is 78.8 Å². The SMILES string of the molecule is CN(Cc1ccc(C(C)(C)C)cc1)C1CCN(C(=O)Cn2cc(NC(=O)c3cnn4cccnc34)c(-c3cc(Cl)ccc3OC(F)F)n2)CC1. The van der Waals surface area contributed by atoms with Gasteiger partial charge in [-0.2, -0.15) is 19.0 Å². The Balaban J connectivity index is 1.17. The zero-order valence-corrected chi connectivity index (χ0v) is 29.1. The van der Waals surface area contributed by atoms with Crippen LogP contribution in [-0.2, 0) is 23.3 Å². The van der Waals surface area contributed by atoms with Crippen molar-refractivity contribution in [2.24, 2.45) is 0 Å². The summed E-state index contributed by atoms with van der Waals surface area (Å²) >= 11 is 6.25. The quantitative estimate of drug-likeness (QED) is 0.176. The first-order valence-corrected chi connectivity index (χ1v) is 16.7. The van der Waals surface area contributed by atoms with Gasteiger partial charge in [0.05, 0.1) is 11.9 Å². The van der Waals surface area contributed by atoms with Gasteiger partial charge in [-0.05, 0) is 60.7 Å². The number of amides is 2. The minimum Gasteiger partial charge on any atom is -0.434 e. The van der Waals surface area contributed by atoms with Gasteiger partial charge in [0, 0.05) is 54.9 Å². The summed E-state index contributed by atoms with van der Waals surface area (Å²) in [5.74, 6) is -0.899. The number of carbonyl (C=O) groups excluding carboxylic acids is 2. The van der Waals surface area contributed by atoms with Crippen molar-refractivity contribution in [2.45, 2.75) is 64.8 Å². The fourth-order valence-corrected chi connectivity index (χ4v) is 6.35. The fourth-order valence-electron chi connectivity index (χ4n) is 6.18. The van der Waals surface area contributed by atoms with Crippen molar-refractivity contribution in [1.29, 1.82) is 0 Å². The van der Waals surface area contributed by atoms with Gasteiger partial charge in [-0.25, -0.2) is 9.50 Å². The third-order valence-electron chi connectivity index (χ3n) is 8.94. The summed E-state index contributed by atoms with van der Waals surface area (Å²) in [6, 6.07) is 14.9. The van der Waals surface area contributed by atoms with Crippen LogP contribution in [0.4, 0.5) is 14.5 Å². The Hall–Kier alpha value is -4.88. The molecule has 1 aliphatic rings. The highest BCUT2D eigenvalue weighted by Crippen LogP contribution is 2.37. The predicted octanol–water partition coefficient (Wildman–Crippen LogP) is 6.52. The number of halogens is 3. The van der Waals surface area contributed by atoms with E-state index in [-0.39, 0.29) is 51.1 Å². The smallest absolute Gasteiger partial charge is 0.387 e. The molecule has 0 bridgehead atoms. The summed E-state index contributed by atoms with van der Waals surface area (Å²) in [7, 11) is 2.12. The van der Waals surface area contributed by atoms with Gasteiger partial charge in [-0.1, -0.05) is 56.6 Å². The fraction of sp³-hybridized carbons (Fsp3) is 0.361. The van der Waals surface area contributed by atoms with E-state index in [1.54, 1.807) is 17.2 Å². The molecule has 0 saturated carbocycles. The van der Waals surface area contributed by atoms with Gasteiger partial charge in [0.1, 0.15) is 23.6 Å². The first-order valence-electron chi connectivity index (χ1n) is 16.3. The van der Waals surface area contributed by atoms with Gasteiger partial charge >= 0.3 is 6.61 Å². The van der Waals surface area contributed by atoms with Gasteiger partial charge < -0.3 is 15.0 Å². The number of aromatic nitrogens is 5. The van der Waals surface area contributed by atoms with E-state index in [1.165, 1.54) is 57.1 Å². The van der Waals surface area contributed by atoms with E-state index >= 15 is 0 Å². The lowest BCUT2D eigenvalue weighted by Crippen LogP contribution is -2.46. The zero-order chi connectivity index (χ0) is 35.6. The second-order valence-corrected chi connectivity index (χ2v) is 13.9. The number of nitrogens with zero attached hydrogens (tertiary/aromatic N) is 7. The Morgan fingerprint density at radius 2 is 1.86 bits per heavy atom. The van der Waals surface area contributed by atoms with Crippen molar-refractivity contribution in [3.63, 3.8) is 0 Å². The average molecular weight is 705 g/mol. The van der Waals surface area contributed by atoms with Crippen LogP contribution in [0.1, 0.15) is 55.1 Å². The number of likely N-dealkylation sites (tertiary alicyclic amines) is 1. The van der Waals surface area contributed by atoms with Crippen molar-refractivity contribution in [2.75, 3.05) is 25.5 Å². The van der Waals surface area contributed by atoms with Crippen molar-refractivity contribution in [3.05, 3.63) is 95.0 Å². The van der Waals surface area contributed by atoms with Crippen molar-refractivity contribution in [3.8, 4) is 17.0 Å². The molecule has 1 saturated heterocycles. The molecule has 3 aromatic heterocycles. The third-order valence-corrected chi connectivity index (χ3v) is 9.17. The first-order chi connectivity index (χ1) is 23.9. The standard InChI is InChI=1S/C36H39ClF2N8O3/c1-36(2,3)24-8-6-23(7-9-24)20-44(4)26-12-16-45(17-13-26)31(48)22-46-21-29(42-34(49)28-19-41-47-15-5-14-40-33(28)47)32(43-46)27-18-25(37)10-11-30(27)50-35(38)39/h5-11,14-15,18-19,21,26,35H,12-13,16-17,20,22H2,1-4H3,(H,42,49). The maximum atomic E-state index is 13.5. The van der Waals surface area contributed by atoms with E-state index in [1.807, 2.05) is 0 Å². The van der Waals surface area contributed by atoms with E-state index in [9.17, 15) is 18.4 Å². The van der Waals surface area contributed by atoms with Crippen molar-refractivity contribution in [1.82, 2.24) is 34.2 Å². The molecule has 2 aromatic carbocycles. The van der Waals surface area contributed by atoms with Crippen LogP contribution in [0, 0.1) is 0 Å². The zero-order valence-electron chi connectivity index (χ0n) is 28.3. The number of hydrogen-bond acceptors (Lipinski definition) is 7. The molecule has 0 spiro atoms. The number of benzene rings is 2. The van der Waals surface area contributed by atoms with Crippen LogP contribution in [0.15, 0.2) is 73.3 Å². The average Bonchev–Trinajstić information content (AvgIpc) is 3.69. The molecule has 0 radical (unpaired) electrons. The molecule has 14 heteroatoms. The van der Waals surface area contributed by atoms with E-state index in [0.717, 1.165) is 19.4 Å². The maximum absolute atomic E-state index is 13.5. The molecule has 0 aliphatic carbocycles. The van der Waals surface area contributed by atoms with Crippen LogP contribution in [0.25, 0.3) is 16.9 Å². The molecule has 1 fully saturated rings. The van der Waals surface area contributed by atoms with E-state index in [4.69, 9.17) is 16.3 Å². The highest BCUT2D eigenvalue weighted by atomic mass is 35.5. The van der Waals surface area contributed by atoms with Crippen LogP contribution >= 0.6 is 11.6 Å². The van der Waals surface area contributed by atoms with Crippen LogP contribution < -0.4 is 10.1 Å². The van der Waals surface area contributed by atoms with E-state index < -0.39 is 12.5 Å². The molecule has 50 heavy (non-hydrogen) atoms. The van der Waals surface area contributed by atoms with Crippen molar-refractivity contribution >= 4 is 34.7 Å². The molecule has 11 nitrogen and oxygen atoms in total. The monoisotopic (exact) mass is 704 g/mol. The number of ether oxygens (including phenoxy) is 1. The van der Waals surface area contributed by atoms with Crippen LogP contribution in [0.5, 0.6) is 5.75 Å². The number of nitrogens with one attached hydrogen (secondary N) is 1. The van der Waals surface area contributed by atoms with Crippen LogP contribution in [0.2, 0.25) is 5.02 Å². The lowest BCUT2D eigenvalue weighted by Gasteiger charge is -2.37. The molecule has 5 aromatic rings. The number of hydrogen-bond donors (Lipinski definition) is 1. The molecule has 1 N–H and O–H groups in total. The predicted molar refractivity (Wildman–Crippen MR) is 186 cm³/mol. The summed E-state index contributed by atoms with van der Waals surface area (Å²) < 4.78 is 34.3. The van der Waals surface area contributed by atoms with Gasteiger partial charge in [-0.3, -0.25) is 19.2 Å². The Kier molecular flexibility index (Phi) is 10.2. The molecule has 262 valence electrons. The second-order valence-electron chi connectivity index (χ2n) is 13.5. The minimum atomic E-state index is -3.11. The number of rotatable bonds is 10. The molecular formula is C36H39ClF2N8O3. The lowest BCUT2D eigenvalue weighted by molar-refractivity contribution is -0.133. The molecule has 4 heterocycles. The highest BCUT2D eigenvalue weighted by Gasteiger charge is 2.27. The summed E-state index contributed by atoms with van der Waals surface area (Å²) in [4.78, 5) is 35.3. The lowest BCUT2D eigenvalue weighted by atomic mass is 9.86. The number of piperidine rings is 1. The van der Waals surface area contributed by atoms with Crippen LogP contribution in [0.3, 0.4) is 0 Å². The maximum Gasteiger partial charge on any atom is 0.387 e. The molecule has 0 unspecified atom stereocenters. The van der Waals surface area contributed by atoms with Gasteiger partial charge in [0.2, 0.25) is 5.91 Å². The molecular weight excluding hydrogens is 666 g/mol. The summed E-state index contributed by atoms with van der Waals surface area (Å²) in [5, 5.41) is 11.8. The molecule has 2 amide bonds. The number of carbonyl (C=O) groups is 2. The normalized spacial score (nSPS) is 14.1. The van der Waals surface area contributed by atoms with Gasteiger partial charge in [0.15, 0.2) is 5.65 Å². The minimum absolute atomic E-state index is 0.101. The number of alkyl halides is 2. The van der Waals surface area contributed by atoms with Gasteiger partial charge in [-0.15, -0.1) is 0 Å². The van der Waals surface area contributed by atoms with Gasteiger partial charge in [0.25, 0.3) is 5.91 Å². The summed E-state index contributed by atoms with van der Waals surface area (Å²) in [5.41, 5.74) is 3.54.